The first kappa shape index (κ1) is 22.9. The predicted octanol–water partition coefficient (Wildman–Crippen LogP) is 2.98. The van der Waals surface area contributed by atoms with E-state index in [0.717, 1.165) is 43.2 Å². The van der Waals surface area contributed by atoms with Gasteiger partial charge in [-0.25, -0.2) is 4.79 Å². The zero-order valence-corrected chi connectivity index (χ0v) is 19.0. The Hall–Kier alpha value is -2.77. The molecule has 3 rings (SSSR count). The molecule has 1 N–H and O–H groups in total. The zero-order valence-electron chi connectivity index (χ0n) is 19.0. The van der Waals surface area contributed by atoms with Crippen LogP contribution in [0.4, 0.5) is 10.5 Å². The molecule has 0 bridgehead atoms. The molecule has 0 spiro atoms. The van der Waals surface area contributed by atoms with Crippen molar-refractivity contribution in [1.82, 2.24) is 15.1 Å². The maximum Gasteiger partial charge on any atom is 0.317 e. The highest BCUT2D eigenvalue weighted by Crippen LogP contribution is 2.22. The van der Waals surface area contributed by atoms with Crippen molar-refractivity contribution in [3.8, 4) is 5.75 Å². The first-order chi connectivity index (χ1) is 15.0. The lowest BCUT2D eigenvalue weighted by atomic mass is 10.1. The van der Waals surface area contributed by atoms with Gasteiger partial charge in [0.1, 0.15) is 5.75 Å². The van der Waals surface area contributed by atoms with Gasteiger partial charge in [0.25, 0.3) is 0 Å². The second-order valence-electron chi connectivity index (χ2n) is 8.06. The first-order valence-electron chi connectivity index (χ1n) is 10.7. The van der Waals surface area contributed by atoms with Crippen molar-refractivity contribution in [2.24, 2.45) is 0 Å². The van der Waals surface area contributed by atoms with E-state index in [-0.39, 0.29) is 12.1 Å². The molecule has 1 atom stereocenters. The van der Waals surface area contributed by atoms with Gasteiger partial charge in [0, 0.05) is 38.9 Å². The molecule has 1 aliphatic heterocycles. The van der Waals surface area contributed by atoms with Crippen molar-refractivity contribution in [1.29, 1.82) is 0 Å². The van der Waals surface area contributed by atoms with Gasteiger partial charge in [-0.15, -0.1) is 0 Å². The van der Waals surface area contributed by atoms with Crippen molar-refractivity contribution < 1.29 is 14.3 Å². The van der Waals surface area contributed by atoms with Gasteiger partial charge in [-0.05, 0) is 49.5 Å². The largest absolute Gasteiger partial charge is 0.497 e. The fourth-order valence-corrected chi connectivity index (χ4v) is 3.75. The molecule has 7 nitrogen and oxygen atoms in total. The number of carbonyl (C=O) groups is 1. The topological polar surface area (TPSA) is 57.3 Å². The third-order valence-electron chi connectivity index (χ3n) is 5.63. The van der Waals surface area contributed by atoms with Crippen molar-refractivity contribution in [3.05, 3.63) is 59.7 Å². The van der Waals surface area contributed by atoms with Crippen molar-refractivity contribution >= 4 is 11.7 Å². The number of benzene rings is 2. The minimum Gasteiger partial charge on any atom is -0.497 e. The van der Waals surface area contributed by atoms with E-state index >= 15 is 0 Å². The molecule has 31 heavy (non-hydrogen) atoms. The Kier molecular flexibility index (Phi) is 8.14. The summed E-state index contributed by atoms with van der Waals surface area (Å²) in [6, 6.07) is 16.4. The minimum absolute atomic E-state index is 0.0558. The average molecular weight is 427 g/mol. The molecule has 0 radical (unpaired) electrons. The van der Waals surface area contributed by atoms with E-state index in [4.69, 9.17) is 9.47 Å². The molecule has 1 unspecified atom stereocenters. The van der Waals surface area contributed by atoms with E-state index in [1.807, 2.05) is 39.3 Å². The molecule has 1 aliphatic rings. The van der Waals surface area contributed by atoms with Crippen LogP contribution in [0, 0.1) is 0 Å². The van der Waals surface area contributed by atoms with Gasteiger partial charge in [-0.1, -0.05) is 24.3 Å². The van der Waals surface area contributed by atoms with E-state index < -0.39 is 0 Å². The van der Waals surface area contributed by atoms with Crippen molar-refractivity contribution in [2.75, 3.05) is 66.0 Å². The second-order valence-corrected chi connectivity index (χ2v) is 8.06. The first-order valence-corrected chi connectivity index (χ1v) is 10.7. The third-order valence-corrected chi connectivity index (χ3v) is 5.63. The number of urea groups is 1. The standard InChI is InChI=1S/C24H34N4O3/c1-26(2)23(20-6-5-7-22(16-20)30-4)17-25-24(29)27(3)18-19-8-10-21(11-9-19)28-12-14-31-15-13-28/h5-11,16,23H,12-15,17-18H2,1-4H3,(H,25,29). The summed E-state index contributed by atoms with van der Waals surface area (Å²) < 4.78 is 10.8. The van der Waals surface area contributed by atoms with Crippen LogP contribution in [-0.2, 0) is 11.3 Å². The molecule has 1 heterocycles. The Morgan fingerprint density at radius 2 is 1.84 bits per heavy atom. The number of methoxy groups -OCH3 is 1. The Labute approximate surface area is 185 Å². The van der Waals surface area contributed by atoms with E-state index in [9.17, 15) is 4.79 Å². The van der Waals surface area contributed by atoms with Crippen LogP contribution < -0.4 is 15.0 Å². The van der Waals surface area contributed by atoms with Crippen LogP contribution in [0.25, 0.3) is 0 Å². The van der Waals surface area contributed by atoms with Gasteiger partial charge in [-0.3, -0.25) is 0 Å². The lowest BCUT2D eigenvalue weighted by molar-refractivity contribution is 0.122. The smallest absolute Gasteiger partial charge is 0.317 e. The number of rotatable bonds is 8. The summed E-state index contributed by atoms with van der Waals surface area (Å²) in [5.74, 6) is 0.813. The Morgan fingerprint density at radius 3 is 2.48 bits per heavy atom. The second kappa shape index (κ2) is 11.0. The van der Waals surface area contributed by atoms with Gasteiger partial charge in [-0.2, -0.15) is 0 Å². The number of nitrogens with one attached hydrogen (secondary N) is 1. The zero-order chi connectivity index (χ0) is 22.2. The summed E-state index contributed by atoms with van der Waals surface area (Å²) in [6.45, 7) is 4.45. The molecule has 168 valence electrons. The number of anilines is 1. The van der Waals surface area contributed by atoms with Crippen LogP contribution in [0.5, 0.6) is 5.75 Å². The number of likely N-dealkylation sites (N-methyl/N-ethyl adjacent to an activating group) is 1. The van der Waals surface area contributed by atoms with Gasteiger partial charge in [0.05, 0.1) is 26.4 Å². The maximum absolute atomic E-state index is 12.7. The summed E-state index contributed by atoms with van der Waals surface area (Å²) >= 11 is 0. The molecule has 7 heteroatoms. The van der Waals surface area contributed by atoms with Crippen LogP contribution in [0.2, 0.25) is 0 Å². The Morgan fingerprint density at radius 1 is 1.13 bits per heavy atom. The fraction of sp³-hybridized carbons (Fsp3) is 0.458. The van der Waals surface area contributed by atoms with Crippen LogP contribution in [0.15, 0.2) is 48.5 Å². The molecule has 0 saturated carbocycles. The highest BCUT2D eigenvalue weighted by atomic mass is 16.5. The highest BCUT2D eigenvalue weighted by Gasteiger charge is 2.18. The number of amides is 2. The number of hydrogen-bond donors (Lipinski definition) is 1. The molecule has 0 aliphatic carbocycles. The minimum atomic E-state index is -0.0907. The molecule has 0 aromatic heterocycles. The number of nitrogens with zero attached hydrogens (tertiary/aromatic N) is 3. The molecule has 2 amide bonds. The SMILES string of the molecule is COc1cccc(C(CNC(=O)N(C)Cc2ccc(N3CCOCC3)cc2)N(C)C)c1. The van der Waals surface area contributed by atoms with E-state index in [1.54, 1.807) is 12.0 Å². The molecule has 1 fully saturated rings. The summed E-state index contributed by atoms with van der Waals surface area (Å²) in [5, 5.41) is 3.07. The average Bonchev–Trinajstić information content (AvgIpc) is 2.80. The monoisotopic (exact) mass is 426 g/mol. The highest BCUT2D eigenvalue weighted by molar-refractivity contribution is 5.74. The normalized spacial score (nSPS) is 14.9. The van der Waals surface area contributed by atoms with Crippen molar-refractivity contribution in [2.45, 2.75) is 12.6 Å². The Balaban J connectivity index is 1.54. The Bertz CT molecular complexity index is 835. The lowest BCUT2D eigenvalue weighted by Gasteiger charge is -2.29. The summed E-state index contributed by atoms with van der Waals surface area (Å²) in [4.78, 5) is 18.8. The quantitative estimate of drug-likeness (QED) is 0.703. The van der Waals surface area contributed by atoms with Gasteiger partial charge < -0.3 is 29.5 Å². The third kappa shape index (κ3) is 6.35. The number of carbonyl (C=O) groups excluding carboxylic acids is 1. The van der Waals surface area contributed by atoms with E-state index in [2.05, 4.69) is 45.4 Å². The van der Waals surface area contributed by atoms with Crippen LogP contribution >= 0.6 is 0 Å². The van der Waals surface area contributed by atoms with E-state index in [0.29, 0.717) is 13.1 Å². The number of ether oxygens (including phenoxy) is 2. The predicted molar refractivity (Wildman–Crippen MR) is 124 cm³/mol. The molecule has 1 saturated heterocycles. The molecule has 2 aromatic carbocycles. The molecular formula is C24H34N4O3. The van der Waals surface area contributed by atoms with Crippen LogP contribution in [-0.4, -0.2) is 76.9 Å². The van der Waals surface area contributed by atoms with Crippen LogP contribution in [0.3, 0.4) is 0 Å². The van der Waals surface area contributed by atoms with E-state index in [1.165, 1.54) is 5.69 Å². The number of morpholine rings is 1. The van der Waals surface area contributed by atoms with Crippen molar-refractivity contribution in [3.63, 3.8) is 0 Å². The van der Waals surface area contributed by atoms with Crippen LogP contribution in [0.1, 0.15) is 17.2 Å². The van der Waals surface area contributed by atoms with Gasteiger partial charge >= 0.3 is 6.03 Å². The summed E-state index contributed by atoms with van der Waals surface area (Å²) in [6.07, 6.45) is 0. The van der Waals surface area contributed by atoms with Gasteiger partial charge in [0.2, 0.25) is 0 Å². The molecule has 2 aromatic rings. The number of hydrogen-bond acceptors (Lipinski definition) is 5. The maximum atomic E-state index is 12.7. The summed E-state index contributed by atoms with van der Waals surface area (Å²) in [7, 11) is 7.50. The lowest BCUT2D eigenvalue weighted by Crippen LogP contribution is -2.41. The molecular weight excluding hydrogens is 392 g/mol. The fourth-order valence-electron chi connectivity index (χ4n) is 3.75. The summed E-state index contributed by atoms with van der Waals surface area (Å²) in [5.41, 5.74) is 3.41. The van der Waals surface area contributed by atoms with Gasteiger partial charge in [0.15, 0.2) is 0 Å².